The molecular weight excluding hydrogens is 318 g/mol. The van der Waals surface area contributed by atoms with Crippen molar-refractivity contribution < 1.29 is 9.32 Å². The maximum absolute atomic E-state index is 12.2. The molecule has 4 rings (SSSR count). The number of carbonyl (C=O) groups excluding carboxylic acids is 1. The SMILES string of the molecule is Cc1cc(-c2noc(C3CC(=O)N(CC(C)C)C3)n2)cc2[nH]cnc12. The Morgan fingerprint density at radius 3 is 3.04 bits per heavy atom. The van der Waals surface area contributed by atoms with E-state index in [1.807, 2.05) is 24.0 Å². The number of nitrogens with zero attached hydrogens (tertiary/aromatic N) is 4. The molecule has 0 spiro atoms. The molecule has 2 aromatic heterocycles. The number of H-pyrrole nitrogens is 1. The second kappa shape index (κ2) is 5.98. The van der Waals surface area contributed by atoms with Gasteiger partial charge < -0.3 is 14.4 Å². The Morgan fingerprint density at radius 1 is 1.40 bits per heavy atom. The van der Waals surface area contributed by atoms with Gasteiger partial charge in [-0.1, -0.05) is 19.0 Å². The number of fused-ring (bicyclic) bond motifs is 1. The standard InChI is InChI=1S/C18H21N5O2/c1-10(2)7-23-8-13(6-15(23)24)18-21-17(22-25-18)12-4-11(3)16-14(5-12)19-9-20-16/h4-5,9-10,13H,6-8H2,1-3H3,(H,19,20). The van der Waals surface area contributed by atoms with Gasteiger partial charge in [0.25, 0.3) is 0 Å². The Balaban J connectivity index is 1.58. The molecule has 0 aliphatic carbocycles. The number of amides is 1. The van der Waals surface area contributed by atoms with E-state index in [0.717, 1.165) is 28.7 Å². The van der Waals surface area contributed by atoms with Gasteiger partial charge in [-0.2, -0.15) is 4.98 Å². The Bertz CT molecular complexity index is 927. The molecule has 1 amide bonds. The molecule has 7 nitrogen and oxygen atoms in total. The molecule has 3 heterocycles. The summed E-state index contributed by atoms with van der Waals surface area (Å²) in [5.41, 5.74) is 3.82. The van der Waals surface area contributed by atoms with E-state index in [9.17, 15) is 4.79 Å². The summed E-state index contributed by atoms with van der Waals surface area (Å²) in [6.45, 7) is 7.65. The Morgan fingerprint density at radius 2 is 2.24 bits per heavy atom. The average molecular weight is 339 g/mol. The van der Waals surface area contributed by atoms with Crippen LogP contribution in [0.25, 0.3) is 22.4 Å². The van der Waals surface area contributed by atoms with Gasteiger partial charge in [0.15, 0.2) is 0 Å². The number of nitrogens with one attached hydrogen (secondary N) is 1. The highest BCUT2D eigenvalue weighted by Gasteiger charge is 2.34. The predicted octanol–water partition coefficient (Wildman–Crippen LogP) is 2.89. The number of aromatic amines is 1. The molecule has 7 heteroatoms. The second-order valence-electron chi connectivity index (χ2n) is 7.14. The van der Waals surface area contributed by atoms with Crippen molar-refractivity contribution in [3.8, 4) is 11.4 Å². The first-order valence-electron chi connectivity index (χ1n) is 8.56. The average Bonchev–Trinajstić information content (AvgIpc) is 3.27. The van der Waals surface area contributed by atoms with Crippen molar-refractivity contribution in [3.63, 3.8) is 0 Å². The fraction of sp³-hybridized carbons (Fsp3) is 0.444. The van der Waals surface area contributed by atoms with Crippen molar-refractivity contribution in [2.45, 2.75) is 33.1 Å². The molecule has 1 aliphatic rings. The van der Waals surface area contributed by atoms with Gasteiger partial charge in [0.1, 0.15) is 0 Å². The van der Waals surface area contributed by atoms with Crippen LogP contribution in [0.15, 0.2) is 23.0 Å². The minimum absolute atomic E-state index is 0.0236. The van der Waals surface area contributed by atoms with Crippen LogP contribution in [0.1, 0.15) is 37.6 Å². The molecule has 1 aromatic carbocycles. The monoisotopic (exact) mass is 339 g/mol. The van der Waals surface area contributed by atoms with E-state index >= 15 is 0 Å². The number of hydrogen-bond donors (Lipinski definition) is 1. The van der Waals surface area contributed by atoms with Crippen LogP contribution in [0, 0.1) is 12.8 Å². The first-order valence-corrected chi connectivity index (χ1v) is 8.56. The smallest absolute Gasteiger partial charge is 0.232 e. The number of aromatic nitrogens is 4. The summed E-state index contributed by atoms with van der Waals surface area (Å²) in [5.74, 6) is 1.67. The second-order valence-corrected chi connectivity index (χ2v) is 7.14. The molecule has 1 unspecified atom stereocenters. The quantitative estimate of drug-likeness (QED) is 0.789. The van der Waals surface area contributed by atoms with Crippen LogP contribution in [-0.4, -0.2) is 44.0 Å². The minimum atomic E-state index is -0.0236. The van der Waals surface area contributed by atoms with E-state index in [-0.39, 0.29) is 11.8 Å². The number of benzene rings is 1. The molecule has 1 saturated heterocycles. The fourth-order valence-electron chi connectivity index (χ4n) is 3.43. The lowest BCUT2D eigenvalue weighted by molar-refractivity contribution is -0.128. The van der Waals surface area contributed by atoms with E-state index < -0.39 is 0 Å². The Kier molecular flexibility index (Phi) is 3.78. The highest BCUT2D eigenvalue weighted by molar-refractivity contribution is 5.83. The maximum atomic E-state index is 12.2. The lowest BCUT2D eigenvalue weighted by Crippen LogP contribution is -2.29. The highest BCUT2D eigenvalue weighted by Crippen LogP contribution is 2.30. The van der Waals surface area contributed by atoms with Crippen molar-refractivity contribution in [1.82, 2.24) is 25.0 Å². The summed E-state index contributed by atoms with van der Waals surface area (Å²) in [4.78, 5) is 26.0. The number of imidazole rings is 1. The van der Waals surface area contributed by atoms with Gasteiger partial charge in [0, 0.05) is 25.1 Å². The normalized spacial score (nSPS) is 18.0. The summed E-state index contributed by atoms with van der Waals surface area (Å²) in [7, 11) is 0. The van der Waals surface area contributed by atoms with Crippen molar-refractivity contribution in [2.75, 3.05) is 13.1 Å². The zero-order chi connectivity index (χ0) is 17.6. The summed E-state index contributed by atoms with van der Waals surface area (Å²) in [6.07, 6.45) is 2.11. The number of likely N-dealkylation sites (tertiary alicyclic amines) is 1. The van der Waals surface area contributed by atoms with E-state index in [0.29, 0.717) is 30.6 Å². The van der Waals surface area contributed by atoms with Crippen LogP contribution in [0.4, 0.5) is 0 Å². The van der Waals surface area contributed by atoms with Crippen LogP contribution < -0.4 is 0 Å². The third-order valence-corrected chi connectivity index (χ3v) is 4.56. The lowest BCUT2D eigenvalue weighted by atomic mass is 10.1. The third-order valence-electron chi connectivity index (χ3n) is 4.56. The summed E-state index contributed by atoms with van der Waals surface area (Å²) >= 11 is 0. The predicted molar refractivity (Wildman–Crippen MR) is 92.9 cm³/mol. The molecule has 0 radical (unpaired) electrons. The van der Waals surface area contributed by atoms with Gasteiger partial charge in [-0.3, -0.25) is 4.79 Å². The van der Waals surface area contributed by atoms with Crippen LogP contribution in [0.5, 0.6) is 0 Å². The largest absolute Gasteiger partial charge is 0.345 e. The van der Waals surface area contributed by atoms with Crippen molar-refractivity contribution >= 4 is 16.9 Å². The zero-order valence-corrected chi connectivity index (χ0v) is 14.6. The van der Waals surface area contributed by atoms with Crippen LogP contribution in [0.3, 0.4) is 0 Å². The molecule has 1 atom stereocenters. The Labute approximate surface area is 145 Å². The van der Waals surface area contributed by atoms with Gasteiger partial charge in [-0.05, 0) is 30.5 Å². The third kappa shape index (κ3) is 2.90. The van der Waals surface area contributed by atoms with Crippen LogP contribution in [-0.2, 0) is 4.79 Å². The zero-order valence-electron chi connectivity index (χ0n) is 14.6. The van der Waals surface area contributed by atoms with E-state index in [2.05, 4.69) is 34.0 Å². The number of aryl methyl sites for hydroxylation is 1. The highest BCUT2D eigenvalue weighted by atomic mass is 16.5. The maximum Gasteiger partial charge on any atom is 0.232 e. The number of rotatable bonds is 4. The number of carbonyl (C=O) groups is 1. The molecule has 0 saturated carbocycles. The molecule has 130 valence electrons. The van der Waals surface area contributed by atoms with Crippen LogP contribution >= 0.6 is 0 Å². The molecule has 1 fully saturated rings. The summed E-state index contributed by atoms with van der Waals surface area (Å²) in [6, 6.07) is 3.97. The first-order chi connectivity index (χ1) is 12.0. The Hall–Kier alpha value is -2.70. The molecule has 1 aliphatic heterocycles. The van der Waals surface area contributed by atoms with Crippen molar-refractivity contribution in [2.24, 2.45) is 5.92 Å². The van der Waals surface area contributed by atoms with Gasteiger partial charge in [0.05, 0.1) is 23.3 Å². The summed E-state index contributed by atoms with van der Waals surface area (Å²) < 4.78 is 5.47. The first kappa shape index (κ1) is 15.8. The topological polar surface area (TPSA) is 87.9 Å². The van der Waals surface area contributed by atoms with Crippen molar-refractivity contribution in [3.05, 3.63) is 29.9 Å². The van der Waals surface area contributed by atoms with E-state index in [4.69, 9.17) is 4.52 Å². The summed E-state index contributed by atoms with van der Waals surface area (Å²) in [5, 5.41) is 4.12. The molecule has 1 N–H and O–H groups in total. The van der Waals surface area contributed by atoms with Gasteiger partial charge in [-0.15, -0.1) is 0 Å². The van der Waals surface area contributed by atoms with E-state index in [1.165, 1.54) is 0 Å². The van der Waals surface area contributed by atoms with Gasteiger partial charge in [0.2, 0.25) is 17.6 Å². The van der Waals surface area contributed by atoms with Gasteiger partial charge in [-0.25, -0.2) is 4.98 Å². The fourth-order valence-corrected chi connectivity index (χ4v) is 3.43. The molecule has 3 aromatic rings. The van der Waals surface area contributed by atoms with Gasteiger partial charge >= 0.3 is 0 Å². The lowest BCUT2D eigenvalue weighted by Gasteiger charge is -2.18. The minimum Gasteiger partial charge on any atom is -0.345 e. The van der Waals surface area contributed by atoms with E-state index in [1.54, 1.807) is 6.33 Å². The molecular formula is C18H21N5O2. The molecule has 25 heavy (non-hydrogen) atoms. The van der Waals surface area contributed by atoms with Crippen LogP contribution in [0.2, 0.25) is 0 Å². The number of hydrogen-bond acceptors (Lipinski definition) is 5. The molecule has 0 bridgehead atoms. The van der Waals surface area contributed by atoms with Crippen molar-refractivity contribution in [1.29, 1.82) is 0 Å².